The van der Waals surface area contributed by atoms with Crippen LogP contribution >= 0.6 is 0 Å². The van der Waals surface area contributed by atoms with E-state index in [1.807, 2.05) is 41.5 Å². The van der Waals surface area contributed by atoms with Crippen LogP contribution in [0.25, 0.3) is 0 Å². The van der Waals surface area contributed by atoms with E-state index in [4.69, 9.17) is 9.47 Å². The number of benzene rings is 1. The van der Waals surface area contributed by atoms with Crippen molar-refractivity contribution in [3.63, 3.8) is 0 Å². The smallest absolute Gasteiger partial charge is 0.342 e. The van der Waals surface area contributed by atoms with E-state index < -0.39 is 17.8 Å². The van der Waals surface area contributed by atoms with Crippen LogP contribution in [0.4, 0.5) is 4.39 Å². The van der Waals surface area contributed by atoms with Gasteiger partial charge in [-0.05, 0) is 23.0 Å². The van der Waals surface area contributed by atoms with Crippen LogP contribution < -0.4 is 0 Å². The summed E-state index contributed by atoms with van der Waals surface area (Å²) >= 11 is 0. The van der Waals surface area contributed by atoms with Crippen molar-refractivity contribution < 1.29 is 23.5 Å². The van der Waals surface area contributed by atoms with Crippen molar-refractivity contribution in [3.05, 3.63) is 35.1 Å². The van der Waals surface area contributed by atoms with Crippen LogP contribution in [0.5, 0.6) is 0 Å². The molecule has 1 aromatic rings. The normalized spacial score (nSPS) is 12.0. The third-order valence-corrected chi connectivity index (χ3v) is 2.71. The summed E-state index contributed by atoms with van der Waals surface area (Å²) in [4.78, 5) is 24.3. The van der Waals surface area contributed by atoms with Crippen molar-refractivity contribution in [1.29, 1.82) is 0 Å². The van der Waals surface area contributed by atoms with Crippen LogP contribution in [0.1, 0.15) is 62.3 Å². The van der Waals surface area contributed by atoms with Crippen LogP contribution in [-0.2, 0) is 9.47 Å². The van der Waals surface area contributed by atoms with E-state index in [1.165, 1.54) is 12.1 Å². The molecule has 1 rings (SSSR count). The molecule has 23 heavy (non-hydrogen) atoms. The van der Waals surface area contributed by atoms with Crippen molar-refractivity contribution in [2.24, 2.45) is 10.8 Å². The highest BCUT2D eigenvalue weighted by molar-refractivity contribution is 6.03. The van der Waals surface area contributed by atoms with Crippen molar-refractivity contribution in [2.75, 3.05) is 13.2 Å². The first-order valence-electron chi connectivity index (χ1n) is 7.53. The quantitative estimate of drug-likeness (QED) is 0.778. The van der Waals surface area contributed by atoms with Gasteiger partial charge in [0.2, 0.25) is 0 Å². The van der Waals surface area contributed by atoms with Gasteiger partial charge >= 0.3 is 11.9 Å². The maximum Gasteiger partial charge on any atom is 0.342 e. The number of halogens is 1. The van der Waals surface area contributed by atoms with Gasteiger partial charge in [0.05, 0.1) is 18.8 Å². The third-order valence-electron chi connectivity index (χ3n) is 2.71. The van der Waals surface area contributed by atoms with Crippen molar-refractivity contribution in [2.45, 2.75) is 41.5 Å². The Kier molecular flexibility index (Phi) is 5.92. The Balaban J connectivity index is 2.99. The first kappa shape index (κ1) is 19.1. The fourth-order valence-electron chi connectivity index (χ4n) is 1.62. The minimum Gasteiger partial charge on any atom is -0.462 e. The Morgan fingerprint density at radius 3 is 1.87 bits per heavy atom. The number of hydrogen-bond donors (Lipinski definition) is 0. The molecule has 0 saturated carbocycles. The molecule has 0 atom stereocenters. The van der Waals surface area contributed by atoms with Gasteiger partial charge in [-0.15, -0.1) is 0 Å². The predicted molar refractivity (Wildman–Crippen MR) is 85.9 cm³/mol. The minimum absolute atomic E-state index is 0.117. The van der Waals surface area contributed by atoms with E-state index in [2.05, 4.69) is 0 Å². The summed E-state index contributed by atoms with van der Waals surface area (Å²) in [5, 5.41) is 0. The molecule has 0 radical (unpaired) electrons. The molecule has 0 spiro atoms. The van der Waals surface area contributed by atoms with Gasteiger partial charge in [-0.25, -0.2) is 14.0 Å². The molecule has 128 valence electrons. The molecule has 0 saturated heterocycles. The van der Waals surface area contributed by atoms with Gasteiger partial charge < -0.3 is 9.47 Å². The average Bonchev–Trinajstić information content (AvgIpc) is 2.40. The largest absolute Gasteiger partial charge is 0.462 e. The molecular weight excluding hydrogens is 299 g/mol. The van der Waals surface area contributed by atoms with Gasteiger partial charge in [0.1, 0.15) is 11.4 Å². The fourth-order valence-corrected chi connectivity index (χ4v) is 1.62. The predicted octanol–water partition coefficient (Wildman–Crippen LogP) is 4.23. The van der Waals surface area contributed by atoms with E-state index in [-0.39, 0.29) is 35.2 Å². The molecule has 1 aromatic carbocycles. The minimum atomic E-state index is -0.860. The SMILES string of the molecule is CC(C)(C)COC(=O)c1cccc(F)c1C(=O)OCC(C)(C)C. The summed E-state index contributed by atoms with van der Waals surface area (Å²) in [5.74, 6) is -2.39. The molecule has 0 amide bonds. The zero-order chi connectivity index (χ0) is 17.8. The second-order valence-electron chi connectivity index (χ2n) is 7.94. The molecular formula is C18H25FO4. The van der Waals surface area contributed by atoms with E-state index in [1.54, 1.807) is 0 Å². The molecule has 0 heterocycles. The molecule has 0 aliphatic heterocycles. The molecule has 0 unspecified atom stereocenters. The number of carbonyl (C=O) groups is 2. The lowest BCUT2D eigenvalue weighted by atomic mass is 9.98. The van der Waals surface area contributed by atoms with Crippen molar-refractivity contribution in [1.82, 2.24) is 0 Å². The van der Waals surface area contributed by atoms with Crippen molar-refractivity contribution in [3.8, 4) is 0 Å². The molecule has 4 nitrogen and oxygen atoms in total. The molecule has 0 aliphatic carbocycles. The maximum atomic E-state index is 14.0. The lowest BCUT2D eigenvalue weighted by Crippen LogP contribution is -2.23. The Labute approximate surface area is 137 Å². The monoisotopic (exact) mass is 324 g/mol. The van der Waals surface area contributed by atoms with E-state index in [9.17, 15) is 14.0 Å². The molecule has 0 aromatic heterocycles. The zero-order valence-electron chi connectivity index (χ0n) is 14.7. The fraction of sp³-hybridized carbons (Fsp3) is 0.556. The van der Waals surface area contributed by atoms with E-state index >= 15 is 0 Å². The van der Waals surface area contributed by atoms with E-state index in [0.717, 1.165) is 6.07 Å². The second kappa shape index (κ2) is 7.11. The number of carbonyl (C=O) groups excluding carboxylic acids is 2. The van der Waals surface area contributed by atoms with Crippen LogP contribution in [-0.4, -0.2) is 25.2 Å². The number of rotatable bonds is 4. The van der Waals surface area contributed by atoms with Crippen molar-refractivity contribution >= 4 is 11.9 Å². The van der Waals surface area contributed by atoms with E-state index in [0.29, 0.717) is 0 Å². The number of hydrogen-bond acceptors (Lipinski definition) is 4. The van der Waals surface area contributed by atoms with Crippen LogP contribution in [0.3, 0.4) is 0 Å². The third kappa shape index (κ3) is 6.38. The standard InChI is InChI=1S/C18H25FO4/c1-17(2,3)10-22-15(20)12-8-7-9-13(19)14(12)16(21)23-11-18(4,5)6/h7-9H,10-11H2,1-6H3. The summed E-state index contributed by atoms with van der Waals surface area (Å²) in [5.41, 5.74) is -0.979. The lowest BCUT2D eigenvalue weighted by molar-refractivity contribution is 0.0318. The first-order valence-corrected chi connectivity index (χ1v) is 7.53. The van der Waals surface area contributed by atoms with Crippen LogP contribution in [0.2, 0.25) is 0 Å². The van der Waals surface area contributed by atoms with Crippen LogP contribution in [0.15, 0.2) is 18.2 Å². The Hall–Kier alpha value is -1.91. The molecule has 0 bridgehead atoms. The Morgan fingerprint density at radius 1 is 0.913 bits per heavy atom. The second-order valence-corrected chi connectivity index (χ2v) is 7.94. The molecule has 0 N–H and O–H groups in total. The van der Waals surface area contributed by atoms with Crippen LogP contribution in [0, 0.1) is 16.6 Å². The number of esters is 2. The highest BCUT2D eigenvalue weighted by Crippen LogP contribution is 2.20. The van der Waals surface area contributed by atoms with Gasteiger partial charge in [0.25, 0.3) is 0 Å². The number of ether oxygens (including phenoxy) is 2. The summed E-state index contributed by atoms with van der Waals surface area (Å²) in [6, 6.07) is 3.85. The maximum absolute atomic E-state index is 14.0. The Bertz CT molecular complexity index is 580. The highest BCUT2D eigenvalue weighted by atomic mass is 19.1. The summed E-state index contributed by atoms with van der Waals surface area (Å²) < 4.78 is 24.3. The summed E-state index contributed by atoms with van der Waals surface area (Å²) in [6.45, 7) is 11.7. The summed E-state index contributed by atoms with van der Waals surface area (Å²) in [6.07, 6.45) is 0. The highest BCUT2D eigenvalue weighted by Gasteiger charge is 2.26. The molecule has 0 fully saturated rings. The topological polar surface area (TPSA) is 52.6 Å². The first-order chi connectivity index (χ1) is 10.4. The van der Waals surface area contributed by atoms with Gasteiger partial charge in [-0.2, -0.15) is 0 Å². The van der Waals surface area contributed by atoms with Gasteiger partial charge in [0, 0.05) is 0 Å². The lowest BCUT2D eigenvalue weighted by Gasteiger charge is -2.20. The average molecular weight is 324 g/mol. The van der Waals surface area contributed by atoms with Gasteiger partial charge in [-0.1, -0.05) is 47.6 Å². The Morgan fingerprint density at radius 2 is 1.39 bits per heavy atom. The zero-order valence-corrected chi connectivity index (χ0v) is 14.7. The van der Waals surface area contributed by atoms with Gasteiger partial charge in [0.15, 0.2) is 0 Å². The summed E-state index contributed by atoms with van der Waals surface area (Å²) in [7, 11) is 0. The molecule has 5 heteroatoms. The van der Waals surface area contributed by atoms with Gasteiger partial charge in [-0.3, -0.25) is 0 Å². The molecule has 0 aliphatic rings.